The zero-order chi connectivity index (χ0) is 33.7. The molecule has 0 unspecified atom stereocenters. The van der Waals surface area contributed by atoms with E-state index in [1.165, 1.54) is 22.3 Å². The maximum atomic E-state index is 6.41. The third-order valence-electron chi connectivity index (χ3n) is 10.8. The van der Waals surface area contributed by atoms with Crippen LogP contribution in [0.2, 0.25) is 0 Å². The first-order valence-corrected chi connectivity index (χ1v) is 16.9. The average Bonchev–Trinajstić information content (AvgIpc) is 3.67. The first-order valence-electron chi connectivity index (χ1n) is 16.9. The van der Waals surface area contributed by atoms with E-state index in [0.717, 1.165) is 44.1 Å². The van der Waals surface area contributed by atoms with Gasteiger partial charge in [0, 0.05) is 32.9 Å². The molecule has 240 valence electrons. The predicted molar refractivity (Wildman–Crippen MR) is 197 cm³/mol. The molecule has 0 bridgehead atoms. The van der Waals surface area contributed by atoms with Gasteiger partial charge in [0.05, 0.1) is 11.2 Å². The molecule has 2 aliphatic rings. The Morgan fingerprint density at radius 3 is 1.94 bits per heavy atom. The van der Waals surface area contributed by atoms with Gasteiger partial charge in [0.15, 0.2) is 17.5 Å². The van der Waals surface area contributed by atoms with E-state index >= 15 is 0 Å². The molecular formula is C42H36BN3O3. The monoisotopic (exact) mass is 641 g/mol. The van der Waals surface area contributed by atoms with E-state index in [9.17, 15) is 0 Å². The first kappa shape index (κ1) is 30.0. The third kappa shape index (κ3) is 4.60. The molecule has 2 aromatic heterocycles. The van der Waals surface area contributed by atoms with Crippen LogP contribution in [-0.4, -0.2) is 33.3 Å². The molecule has 0 saturated carbocycles. The lowest BCUT2D eigenvalue weighted by atomic mass is 9.78. The third-order valence-corrected chi connectivity index (χ3v) is 10.8. The molecule has 5 aromatic carbocycles. The van der Waals surface area contributed by atoms with Crippen molar-refractivity contribution in [2.45, 2.75) is 58.2 Å². The molecule has 49 heavy (non-hydrogen) atoms. The van der Waals surface area contributed by atoms with Crippen molar-refractivity contribution >= 4 is 34.5 Å². The minimum absolute atomic E-state index is 0.143. The van der Waals surface area contributed by atoms with Crippen molar-refractivity contribution in [3.05, 3.63) is 120 Å². The lowest BCUT2D eigenvalue weighted by molar-refractivity contribution is 0.00578. The Labute approximate surface area is 286 Å². The Hall–Kier alpha value is -5.11. The molecule has 0 amide bonds. The van der Waals surface area contributed by atoms with Crippen LogP contribution in [0.3, 0.4) is 0 Å². The van der Waals surface area contributed by atoms with Crippen molar-refractivity contribution < 1.29 is 13.7 Å². The molecule has 1 aliphatic heterocycles. The van der Waals surface area contributed by atoms with Gasteiger partial charge in [0.25, 0.3) is 0 Å². The standard InChI is InChI=1S/C42H36BN3O3/c1-40(2)32-17-11-10-15-28(32)29-21-19-26(23-33(29)40)38-44-37(25-13-8-7-9-14-25)45-39(46-38)30-16-12-18-35-36(30)31-24-27(20-22-34(31)47-35)43-48-41(3,4)42(5,6)49-43/h7-24H,1-6H3. The topological polar surface area (TPSA) is 70.3 Å². The van der Waals surface area contributed by atoms with Gasteiger partial charge in [-0.1, -0.05) is 105 Å². The highest BCUT2D eigenvalue weighted by Crippen LogP contribution is 2.49. The first-order chi connectivity index (χ1) is 23.5. The Balaban J connectivity index is 1.22. The highest BCUT2D eigenvalue weighted by Gasteiger charge is 2.51. The summed E-state index contributed by atoms with van der Waals surface area (Å²) in [4.78, 5) is 15.3. The second-order valence-corrected chi connectivity index (χ2v) is 14.7. The average molecular weight is 642 g/mol. The van der Waals surface area contributed by atoms with Gasteiger partial charge >= 0.3 is 7.12 Å². The summed E-state index contributed by atoms with van der Waals surface area (Å²) in [5.41, 5.74) is 9.35. The molecule has 6 nitrogen and oxygen atoms in total. The number of aromatic nitrogens is 3. The zero-order valence-corrected chi connectivity index (χ0v) is 28.5. The van der Waals surface area contributed by atoms with E-state index in [1.54, 1.807) is 0 Å². The van der Waals surface area contributed by atoms with E-state index in [1.807, 2.05) is 54.6 Å². The van der Waals surface area contributed by atoms with E-state index in [4.69, 9.17) is 28.7 Å². The molecule has 7 aromatic rings. The highest BCUT2D eigenvalue weighted by molar-refractivity contribution is 6.62. The van der Waals surface area contributed by atoms with Crippen LogP contribution in [0.25, 0.3) is 67.2 Å². The lowest BCUT2D eigenvalue weighted by Crippen LogP contribution is -2.41. The summed E-state index contributed by atoms with van der Waals surface area (Å²) in [5.74, 6) is 1.83. The van der Waals surface area contributed by atoms with Gasteiger partial charge < -0.3 is 13.7 Å². The number of hydrogen-bond donors (Lipinski definition) is 0. The summed E-state index contributed by atoms with van der Waals surface area (Å²) < 4.78 is 19.2. The van der Waals surface area contributed by atoms with Gasteiger partial charge in [-0.3, -0.25) is 0 Å². The molecule has 3 heterocycles. The molecule has 9 rings (SSSR count). The number of fused-ring (bicyclic) bond motifs is 6. The minimum Gasteiger partial charge on any atom is -0.456 e. The van der Waals surface area contributed by atoms with Crippen LogP contribution in [0.4, 0.5) is 0 Å². The second-order valence-electron chi connectivity index (χ2n) is 14.7. The fourth-order valence-corrected chi connectivity index (χ4v) is 7.34. The summed E-state index contributed by atoms with van der Waals surface area (Å²) in [6.45, 7) is 12.9. The van der Waals surface area contributed by atoms with Crippen molar-refractivity contribution in [2.24, 2.45) is 0 Å². The summed E-state index contributed by atoms with van der Waals surface area (Å²) >= 11 is 0. The summed E-state index contributed by atoms with van der Waals surface area (Å²) in [7, 11) is -0.491. The van der Waals surface area contributed by atoms with Crippen molar-refractivity contribution in [3.63, 3.8) is 0 Å². The van der Waals surface area contributed by atoms with Crippen molar-refractivity contribution in [1.82, 2.24) is 15.0 Å². The maximum Gasteiger partial charge on any atom is 0.494 e. The molecule has 1 aliphatic carbocycles. The molecule has 0 N–H and O–H groups in total. The quantitative estimate of drug-likeness (QED) is 0.178. The minimum atomic E-state index is -0.491. The molecule has 0 spiro atoms. The molecule has 1 fully saturated rings. The number of furan rings is 1. The van der Waals surface area contributed by atoms with Crippen LogP contribution in [0.1, 0.15) is 52.7 Å². The molecule has 0 atom stereocenters. The highest BCUT2D eigenvalue weighted by atomic mass is 16.7. The fourth-order valence-electron chi connectivity index (χ4n) is 7.34. The molecule has 1 saturated heterocycles. The van der Waals surface area contributed by atoms with Gasteiger partial charge in [-0.25, -0.2) is 15.0 Å². The van der Waals surface area contributed by atoms with Crippen LogP contribution in [-0.2, 0) is 14.7 Å². The van der Waals surface area contributed by atoms with Crippen molar-refractivity contribution in [1.29, 1.82) is 0 Å². The Morgan fingerprint density at radius 2 is 1.16 bits per heavy atom. The second kappa shape index (κ2) is 10.4. The van der Waals surface area contributed by atoms with Gasteiger partial charge in [0.1, 0.15) is 11.2 Å². The fraction of sp³-hybridized carbons (Fsp3) is 0.214. The summed E-state index contributed by atoms with van der Waals surface area (Å²) in [6.07, 6.45) is 0. The van der Waals surface area contributed by atoms with Gasteiger partial charge in [-0.15, -0.1) is 0 Å². The number of benzene rings is 5. The van der Waals surface area contributed by atoms with Crippen molar-refractivity contribution in [2.75, 3.05) is 0 Å². The number of hydrogen-bond acceptors (Lipinski definition) is 6. The van der Waals surface area contributed by atoms with E-state index in [0.29, 0.717) is 17.5 Å². The zero-order valence-electron chi connectivity index (χ0n) is 28.5. The van der Waals surface area contributed by atoms with Crippen LogP contribution in [0.5, 0.6) is 0 Å². The Bertz CT molecular complexity index is 2430. The predicted octanol–water partition coefficient (Wildman–Crippen LogP) is 9.38. The van der Waals surface area contributed by atoms with Gasteiger partial charge in [-0.05, 0) is 73.6 Å². The smallest absolute Gasteiger partial charge is 0.456 e. The lowest BCUT2D eigenvalue weighted by Gasteiger charge is -2.32. The van der Waals surface area contributed by atoms with Crippen LogP contribution >= 0.6 is 0 Å². The summed E-state index contributed by atoms with van der Waals surface area (Å²) in [6, 6.07) is 37.6. The number of nitrogens with zero attached hydrogens (tertiary/aromatic N) is 3. The Kier molecular flexibility index (Phi) is 6.39. The molecule has 0 radical (unpaired) electrons. The Morgan fingerprint density at radius 1 is 0.510 bits per heavy atom. The van der Waals surface area contributed by atoms with Gasteiger partial charge in [0.2, 0.25) is 0 Å². The van der Waals surface area contributed by atoms with Crippen LogP contribution in [0, 0.1) is 0 Å². The van der Waals surface area contributed by atoms with Crippen LogP contribution in [0.15, 0.2) is 114 Å². The number of rotatable bonds is 4. The van der Waals surface area contributed by atoms with E-state index in [-0.39, 0.29) is 5.41 Å². The van der Waals surface area contributed by atoms with Crippen LogP contribution < -0.4 is 5.46 Å². The van der Waals surface area contributed by atoms with Gasteiger partial charge in [-0.2, -0.15) is 0 Å². The largest absolute Gasteiger partial charge is 0.494 e. The van der Waals surface area contributed by atoms with E-state index < -0.39 is 18.3 Å². The molecule has 7 heteroatoms. The maximum absolute atomic E-state index is 6.41. The van der Waals surface area contributed by atoms with Crippen molar-refractivity contribution in [3.8, 4) is 45.3 Å². The SMILES string of the molecule is CC1(C)c2ccccc2-c2ccc(-c3nc(-c4ccccc4)nc(-c4cccc5oc6ccc(B7OC(C)(C)C(C)(C)O7)cc6c45)n3)cc21. The molecular weight excluding hydrogens is 605 g/mol. The van der Waals surface area contributed by atoms with E-state index in [2.05, 4.69) is 96.1 Å². The summed E-state index contributed by atoms with van der Waals surface area (Å²) in [5, 5.41) is 1.90. The normalized spacial score (nSPS) is 17.1.